The van der Waals surface area contributed by atoms with Crippen molar-refractivity contribution in [3.63, 3.8) is 0 Å². The van der Waals surface area contributed by atoms with Gasteiger partial charge in [0.1, 0.15) is 0 Å². The maximum absolute atomic E-state index is 6.03. The van der Waals surface area contributed by atoms with Crippen molar-refractivity contribution >= 4 is 16.9 Å². The average molecular weight is 350 g/mol. The molecule has 136 valence electrons. The number of hydrogen-bond acceptors (Lipinski definition) is 3. The van der Waals surface area contributed by atoms with Crippen LogP contribution in [0.2, 0.25) is 0 Å². The van der Waals surface area contributed by atoms with Crippen LogP contribution in [0.5, 0.6) is 0 Å². The van der Waals surface area contributed by atoms with E-state index in [-0.39, 0.29) is 0 Å². The zero-order valence-corrected chi connectivity index (χ0v) is 15.2. The van der Waals surface area contributed by atoms with Crippen LogP contribution in [-0.2, 0) is 11.3 Å². The molecule has 5 nitrogen and oxygen atoms in total. The summed E-state index contributed by atoms with van der Waals surface area (Å²) < 4.78 is 6.03. The topological polar surface area (TPSA) is 58.5 Å². The van der Waals surface area contributed by atoms with E-state index in [4.69, 9.17) is 4.74 Å². The third-order valence-corrected chi connectivity index (χ3v) is 6.74. The molecular weight excluding hydrogens is 324 g/mol. The van der Waals surface area contributed by atoms with E-state index in [0.717, 1.165) is 24.6 Å². The Bertz CT molecular complexity index is 840. The van der Waals surface area contributed by atoms with E-state index >= 15 is 0 Å². The molecule has 3 aliphatic rings. The second-order valence-corrected chi connectivity index (χ2v) is 7.87. The van der Waals surface area contributed by atoms with Crippen molar-refractivity contribution in [2.45, 2.75) is 44.4 Å². The molecule has 1 saturated heterocycles. The van der Waals surface area contributed by atoms with Crippen molar-refractivity contribution in [2.24, 2.45) is 16.3 Å². The molecule has 0 radical (unpaired) electrons. The first-order valence-corrected chi connectivity index (χ1v) is 9.73. The number of guanidine groups is 1. The normalized spacial score (nSPS) is 29.1. The third-order valence-electron chi connectivity index (χ3n) is 6.74. The molecule has 3 fully saturated rings. The van der Waals surface area contributed by atoms with E-state index in [2.05, 4.69) is 44.9 Å². The Morgan fingerprint density at radius 3 is 3.00 bits per heavy atom. The van der Waals surface area contributed by atoms with Gasteiger partial charge in [-0.1, -0.05) is 24.6 Å². The number of rotatable bonds is 3. The Kier molecular flexibility index (Phi) is 3.85. The predicted molar refractivity (Wildman–Crippen MR) is 103 cm³/mol. The smallest absolute Gasteiger partial charge is 0.191 e. The summed E-state index contributed by atoms with van der Waals surface area (Å²) in [6.07, 6.45) is 7.45. The Labute approximate surface area is 154 Å². The molecule has 2 aliphatic carbocycles. The number of nitrogens with zero attached hydrogens (tertiary/aromatic N) is 2. The Hall–Kier alpha value is -2.14. The summed E-state index contributed by atoms with van der Waals surface area (Å²) in [5.74, 6) is 1.54. The van der Waals surface area contributed by atoms with Gasteiger partial charge in [0.15, 0.2) is 5.96 Å². The largest absolute Gasteiger partial charge is 0.377 e. The lowest BCUT2D eigenvalue weighted by Crippen LogP contribution is -2.72. The summed E-state index contributed by atoms with van der Waals surface area (Å²) in [5.41, 5.74) is 2.64. The molecule has 1 aliphatic heterocycles. The van der Waals surface area contributed by atoms with Crippen LogP contribution >= 0.6 is 0 Å². The molecule has 5 rings (SSSR count). The van der Waals surface area contributed by atoms with Crippen molar-refractivity contribution in [3.05, 3.63) is 42.1 Å². The molecule has 1 aromatic carbocycles. The second kappa shape index (κ2) is 6.23. The first-order chi connectivity index (χ1) is 12.8. The number of aliphatic imine (C=N–C) groups is 1. The van der Waals surface area contributed by atoms with Gasteiger partial charge in [0.05, 0.1) is 11.6 Å². The number of para-hydroxylation sites is 1. The van der Waals surface area contributed by atoms with E-state index in [1.807, 2.05) is 19.3 Å². The molecule has 2 saturated carbocycles. The monoisotopic (exact) mass is 350 g/mol. The van der Waals surface area contributed by atoms with Gasteiger partial charge in [-0.05, 0) is 37.0 Å². The average Bonchev–Trinajstić information content (AvgIpc) is 3.05. The number of pyridine rings is 1. The molecule has 3 atom stereocenters. The van der Waals surface area contributed by atoms with Crippen LogP contribution in [0.15, 0.2) is 41.5 Å². The van der Waals surface area contributed by atoms with Gasteiger partial charge in [-0.2, -0.15) is 0 Å². The molecule has 2 aromatic rings. The molecule has 5 heteroatoms. The van der Waals surface area contributed by atoms with Crippen LogP contribution < -0.4 is 10.6 Å². The van der Waals surface area contributed by atoms with Crippen LogP contribution in [0.1, 0.15) is 31.2 Å². The summed E-state index contributed by atoms with van der Waals surface area (Å²) in [4.78, 5) is 8.93. The molecule has 1 spiro atoms. The van der Waals surface area contributed by atoms with Crippen molar-refractivity contribution in [3.8, 4) is 0 Å². The highest BCUT2D eigenvalue weighted by atomic mass is 16.5. The number of benzene rings is 1. The standard InChI is InChI=1S/C21H26N4O/c1-22-20(24-13-14-7-11-23-17-6-3-2-5-15(14)17)25-18-16-8-12-26-19(16)21(18)9-4-10-21/h2-3,5-7,11,16,18-19H,4,8-10,12-13H2,1H3,(H2,22,24,25). The van der Waals surface area contributed by atoms with Crippen molar-refractivity contribution in [1.82, 2.24) is 15.6 Å². The number of nitrogens with one attached hydrogen (secondary N) is 2. The highest BCUT2D eigenvalue weighted by molar-refractivity contribution is 5.84. The number of ether oxygens (including phenoxy) is 1. The molecule has 26 heavy (non-hydrogen) atoms. The number of aromatic nitrogens is 1. The molecule has 3 unspecified atom stereocenters. The highest BCUT2D eigenvalue weighted by Crippen LogP contribution is 2.62. The lowest BCUT2D eigenvalue weighted by atomic mass is 9.46. The van der Waals surface area contributed by atoms with E-state index in [1.165, 1.54) is 36.6 Å². The highest BCUT2D eigenvalue weighted by Gasteiger charge is 2.66. The molecule has 2 heterocycles. The van der Waals surface area contributed by atoms with E-state index in [1.54, 1.807) is 0 Å². The first kappa shape index (κ1) is 16.1. The van der Waals surface area contributed by atoms with Gasteiger partial charge in [0.2, 0.25) is 0 Å². The summed E-state index contributed by atoms with van der Waals surface area (Å²) in [6.45, 7) is 1.66. The van der Waals surface area contributed by atoms with E-state index < -0.39 is 0 Å². The van der Waals surface area contributed by atoms with Crippen LogP contribution in [-0.4, -0.2) is 36.7 Å². The molecule has 0 amide bonds. The Balaban J connectivity index is 1.29. The number of fused-ring (bicyclic) bond motifs is 3. The zero-order chi connectivity index (χ0) is 17.6. The lowest BCUT2D eigenvalue weighted by Gasteiger charge is -2.63. The third kappa shape index (κ3) is 2.33. The van der Waals surface area contributed by atoms with E-state index in [0.29, 0.717) is 23.5 Å². The maximum Gasteiger partial charge on any atom is 0.191 e. The minimum atomic E-state index is 0.363. The molecule has 0 bridgehead atoms. The predicted octanol–water partition coefficient (Wildman–Crippen LogP) is 2.86. The van der Waals surface area contributed by atoms with Gasteiger partial charge in [-0.3, -0.25) is 9.98 Å². The van der Waals surface area contributed by atoms with Gasteiger partial charge in [-0.25, -0.2) is 0 Å². The minimum absolute atomic E-state index is 0.363. The summed E-state index contributed by atoms with van der Waals surface area (Å²) >= 11 is 0. The van der Waals surface area contributed by atoms with Crippen molar-refractivity contribution in [1.29, 1.82) is 0 Å². The van der Waals surface area contributed by atoms with Crippen LogP contribution in [0.3, 0.4) is 0 Å². The Morgan fingerprint density at radius 2 is 2.19 bits per heavy atom. The number of hydrogen-bond donors (Lipinski definition) is 2. The summed E-state index contributed by atoms with van der Waals surface area (Å²) in [7, 11) is 1.86. The quantitative estimate of drug-likeness (QED) is 0.660. The van der Waals surface area contributed by atoms with Gasteiger partial charge in [0.25, 0.3) is 0 Å². The molecule has 1 aromatic heterocycles. The SMILES string of the molecule is CN=C(NCc1ccnc2ccccc12)NC1C2CCOC2C12CCC2. The fraction of sp³-hybridized carbons (Fsp3) is 0.524. The fourth-order valence-electron chi connectivity index (χ4n) is 5.29. The van der Waals surface area contributed by atoms with Gasteiger partial charge >= 0.3 is 0 Å². The molecule has 2 N–H and O–H groups in total. The lowest BCUT2D eigenvalue weighted by molar-refractivity contribution is -0.171. The van der Waals surface area contributed by atoms with Crippen LogP contribution in [0.4, 0.5) is 0 Å². The zero-order valence-electron chi connectivity index (χ0n) is 15.2. The van der Waals surface area contributed by atoms with Crippen molar-refractivity contribution in [2.75, 3.05) is 13.7 Å². The van der Waals surface area contributed by atoms with E-state index in [9.17, 15) is 0 Å². The Morgan fingerprint density at radius 1 is 1.31 bits per heavy atom. The second-order valence-electron chi connectivity index (χ2n) is 7.87. The van der Waals surface area contributed by atoms with Crippen LogP contribution in [0.25, 0.3) is 10.9 Å². The van der Waals surface area contributed by atoms with Gasteiger partial charge < -0.3 is 15.4 Å². The minimum Gasteiger partial charge on any atom is -0.377 e. The van der Waals surface area contributed by atoms with Crippen molar-refractivity contribution < 1.29 is 4.74 Å². The van der Waals surface area contributed by atoms with Crippen LogP contribution in [0, 0.1) is 11.3 Å². The molecular formula is C21H26N4O. The fourth-order valence-corrected chi connectivity index (χ4v) is 5.29. The van der Waals surface area contributed by atoms with Gasteiger partial charge in [0, 0.05) is 49.2 Å². The maximum atomic E-state index is 6.03. The van der Waals surface area contributed by atoms with Gasteiger partial charge in [-0.15, -0.1) is 0 Å². The first-order valence-electron chi connectivity index (χ1n) is 9.73. The summed E-state index contributed by atoms with van der Waals surface area (Å²) in [5, 5.41) is 8.44. The summed E-state index contributed by atoms with van der Waals surface area (Å²) in [6, 6.07) is 10.9.